The highest BCUT2D eigenvalue weighted by atomic mass is 19.1. The number of hydrogen-bond donors (Lipinski definition) is 0. The maximum atomic E-state index is 12.9. The van der Waals surface area contributed by atoms with Crippen molar-refractivity contribution in [1.29, 1.82) is 0 Å². The molecule has 12 heavy (non-hydrogen) atoms. The van der Waals surface area contributed by atoms with E-state index in [1.807, 2.05) is 27.7 Å². The van der Waals surface area contributed by atoms with Crippen LogP contribution in [0.2, 0.25) is 0 Å². The van der Waals surface area contributed by atoms with E-state index in [4.69, 9.17) is 0 Å². The fourth-order valence-corrected chi connectivity index (χ4v) is 1.08. The van der Waals surface area contributed by atoms with Crippen LogP contribution in [0.1, 0.15) is 32.0 Å². The van der Waals surface area contributed by atoms with Gasteiger partial charge in [-0.05, 0) is 13.3 Å². The molecule has 0 atom stereocenters. The topological polar surface area (TPSA) is 17.8 Å². The zero-order valence-electron chi connectivity index (χ0n) is 8.48. The first-order valence-corrected chi connectivity index (χ1v) is 4.34. The van der Waals surface area contributed by atoms with E-state index in [1.165, 1.54) is 4.68 Å². The maximum absolute atomic E-state index is 12.9. The summed E-state index contributed by atoms with van der Waals surface area (Å²) in [4.78, 5) is 0. The first-order valence-electron chi connectivity index (χ1n) is 4.34. The zero-order valence-corrected chi connectivity index (χ0v) is 8.48. The minimum Gasteiger partial charge on any atom is -0.242 e. The number of aryl methyl sites for hydroxylation is 2. The highest BCUT2D eigenvalue weighted by Gasteiger charge is 2.09. The minimum atomic E-state index is -0.208. The van der Waals surface area contributed by atoms with Crippen molar-refractivity contribution in [2.24, 2.45) is 7.05 Å². The molecule has 0 aliphatic heterocycles. The van der Waals surface area contributed by atoms with E-state index in [-0.39, 0.29) is 5.95 Å². The average molecular weight is 172 g/mol. The Morgan fingerprint density at radius 3 is 2.08 bits per heavy atom. The Labute approximate surface area is 73.4 Å². The standard InChI is InChI=1S/C7H11FN2.C2H6/c1-4-6-5(2)9-10(3)7(6)8;1-2/h4H2,1-3H3;1-2H3. The molecule has 0 saturated carbocycles. The van der Waals surface area contributed by atoms with E-state index in [0.29, 0.717) is 6.42 Å². The van der Waals surface area contributed by atoms with Crippen LogP contribution in [0.4, 0.5) is 4.39 Å². The summed E-state index contributed by atoms with van der Waals surface area (Å²) in [5.74, 6) is -0.208. The number of aromatic nitrogens is 2. The lowest BCUT2D eigenvalue weighted by Crippen LogP contribution is -1.94. The second-order valence-electron chi connectivity index (χ2n) is 2.33. The van der Waals surface area contributed by atoms with Crippen LogP contribution in [0.15, 0.2) is 0 Å². The first kappa shape index (κ1) is 11.1. The molecule has 0 aliphatic rings. The van der Waals surface area contributed by atoms with Crippen molar-refractivity contribution in [3.05, 3.63) is 17.2 Å². The Morgan fingerprint density at radius 1 is 1.42 bits per heavy atom. The van der Waals surface area contributed by atoms with Gasteiger partial charge in [0, 0.05) is 12.6 Å². The van der Waals surface area contributed by atoms with Crippen molar-refractivity contribution in [3.8, 4) is 0 Å². The number of halogens is 1. The molecule has 1 aromatic rings. The van der Waals surface area contributed by atoms with Crippen molar-refractivity contribution >= 4 is 0 Å². The quantitative estimate of drug-likeness (QED) is 0.636. The van der Waals surface area contributed by atoms with Gasteiger partial charge in [-0.25, -0.2) is 4.68 Å². The number of hydrogen-bond acceptors (Lipinski definition) is 1. The molecule has 0 saturated heterocycles. The van der Waals surface area contributed by atoms with Gasteiger partial charge in [0.25, 0.3) is 0 Å². The summed E-state index contributed by atoms with van der Waals surface area (Å²) in [7, 11) is 1.61. The van der Waals surface area contributed by atoms with Crippen LogP contribution in [0.5, 0.6) is 0 Å². The van der Waals surface area contributed by atoms with Crippen LogP contribution in [0.25, 0.3) is 0 Å². The third-order valence-electron chi connectivity index (χ3n) is 1.62. The Balaban J connectivity index is 0.000000561. The fraction of sp³-hybridized carbons (Fsp3) is 0.667. The summed E-state index contributed by atoms with van der Waals surface area (Å²) in [6.45, 7) is 7.75. The summed E-state index contributed by atoms with van der Waals surface area (Å²) in [5.41, 5.74) is 1.52. The van der Waals surface area contributed by atoms with Crippen LogP contribution in [-0.4, -0.2) is 9.78 Å². The second kappa shape index (κ2) is 4.91. The predicted octanol–water partition coefficient (Wildman–Crippen LogP) is 2.46. The van der Waals surface area contributed by atoms with Crippen LogP contribution in [-0.2, 0) is 13.5 Å². The molecule has 0 spiro atoms. The third-order valence-corrected chi connectivity index (χ3v) is 1.62. The molecule has 0 fully saturated rings. The lowest BCUT2D eigenvalue weighted by molar-refractivity contribution is 0.496. The Kier molecular flexibility index (Phi) is 4.55. The van der Waals surface area contributed by atoms with E-state index < -0.39 is 0 Å². The molecule has 3 heteroatoms. The van der Waals surface area contributed by atoms with Gasteiger partial charge in [0.05, 0.1) is 5.69 Å². The number of nitrogens with zero attached hydrogens (tertiary/aromatic N) is 2. The van der Waals surface area contributed by atoms with Gasteiger partial charge in [-0.2, -0.15) is 9.49 Å². The van der Waals surface area contributed by atoms with Gasteiger partial charge >= 0.3 is 0 Å². The second-order valence-corrected chi connectivity index (χ2v) is 2.33. The van der Waals surface area contributed by atoms with Gasteiger partial charge in [-0.1, -0.05) is 20.8 Å². The van der Waals surface area contributed by atoms with Gasteiger partial charge in [-0.15, -0.1) is 0 Å². The molecule has 0 unspecified atom stereocenters. The van der Waals surface area contributed by atoms with Crippen molar-refractivity contribution < 1.29 is 4.39 Å². The van der Waals surface area contributed by atoms with Gasteiger partial charge < -0.3 is 0 Å². The van der Waals surface area contributed by atoms with E-state index in [2.05, 4.69) is 5.10 Å². The summed E-state index contributed by atoms with van der Waals surface area (Å²) < 4.78 is 14.2. The molecule has 1 heterocycles. The molecule has 0 aliphatic carbocycles. The van der Waals surface area contributed by atoms with Crippen LogP contribution >= 0.6 is 0 Å². The SMILES string of the molecule is CC.CCc1c(C)nn(C)c1F. The van der Waals surface area contributed by atoms with Gasteiger partial charge in [0.2, 0.25) is 5.95 Å². The highest BCUT2D eigenvalue weighted by Crippen LogP contribution is 2.10. The van der Waals surface area contributed by atoms with Crippen LogP contribution in [0, 0.1) is 12.9 Å². The Hall–Kier alpha value is -0.860. The summed E-state index contributed by atoms with van der Waals surface area (Å²) >= 11 is 0. The Morgan fingerprint density at radius 2 is 1.92 bits per heavy atom. The van der Waals surface area contributed by atoms with Gasteiger partial charge in [0.15, 0.2) is 0 Å². The van der Waals surface area contributed by atoms with E-state index >= 15 is 0 Å². The van der Waals surface area contributed by atoms with Crippen LogP contribution in [0.3, 0.4) is 0 Å². The number of rotatable bonds is 1. The van der Waals surface area contributed by atoms with Gasteiger partial charge in [-0.3, -0.25) is 0 Å². The molecule has 0 radical (unpaired) electrons. The molecular formula is C9H17FN2. The largest absolute Gasteiger partial charge is 0.242 e. The normalized spacial score (nSPS) is 9.17. The van der Waals surface area contributed by atoms with E-state index in [1.54, 1.807) is 7.05 Å². The van der Waals surface area contributed by atoms with E-state index in [9.17, 15) is 4.39 Å². The lowest BCUT2D eigenvalue weighted by Gasteiger charge is -1.90. The molecular weight excluding hydrogens is 155 g/mol. The van der Waals surface area contributed by atoms with Crippen molar-refractivity contribution in [3.63, 3.8) is 0 Å². The molecule has 1 aromatic heterocycles. The fourth-order valence-electron chi connectivity index (χ4n) is 1.08. The average Bonchev–Trinajstić information content (AvgIpc) is 2.31. The van der Waals surface area contributed by atoms with Gasteiger partial charge in [0.1, 0.15) is 0 Å². The van der Waals surface area contributed by atoms with E-state index in [0.717, 1.165) is 11.3 Å². The molecule has 70 valence electrons. The molecule has 2 nitrogen and oxygen atoms in total. The first-order chi connectivity index (χ1) is 5.66. The van der Waals surface area contributed by atoms with Crippen molar-refractivity contribution in [2.75, 3.05) is 0 Å². The molecule has 0 bridgehead atoms. The highest BCUT2D eigenvalue weighted by molar-refractivity contribution is 5.16. The summed E-state index contributed by atoms with van der Waals surface area (Å²) in [5, 5.41) is 3.92. The molecule has 0 amide bonds. The zero-order chi connectivity index (χ0) is 9.72. The lowest BCUT2D eigenvalue weighted by atomic mass is 10.2. The maximum Gasteiger partial charge on any atom is 0.214 e. The Bertz CT molecular complexity index is 241. The van der Waals surface area contributed by atoms with Crippen molar-refractivity contribution in [1.82, 2.24) is 9.78 Å². The molecule has 1 rings (SSSR count). The smallest absolute Gasteiger partial charge is 0.214 e. The molecule has 0 N–H and O–H groups in total. The monoisotopic (exact) mass is 172 g/mol. The molecule has 0 aromatic carbocycles. The predicted molar refractivity (Wildman–Crippen MR) is 48.6 cm³/mol. The summed E-state index contributed by atoms with van der Waals surface area (Å²) in [6.07, 6.45) is 0.714. The minimum absolute atomic E-state index is 0.208. The van der Waals surface area contributed by atoms with Crippen molar-refractivity contribution in [2.45, 2.75) is 34.1 Å². The third kappa shape index (κ3) is 2.06. The summed E-state index contributed by atoms with van der Waals surface area (Å²) in [6, 6.07) is 0. The van der Waals surface area contributed by atoms with Crippen LogP contribution < -0.4 is 0 Å².